The number of ether oxygens (including phenoxy) is 1. The number of unbranched alkanes of at least 4 members (excludes halogenated alkanes) is 5. The maximum Gasteiger partial charge on any atom is 0.308 e. The second-order valence-electron chi connectivity index (χ2n) is 5.55. The fourth-order valence-electron chi connectivity index (χ4n) is 2.22. The Kier molecular flexibility index (Phi) is 8.77. The summed E-state index contributed by atoms with van der Waals surface area (Å²) >= 11 is 0. The normalized spacial score (nSPS) is 12.1. The van der Waals surface area contributed by atoms with Gasteiger partial charge in [0.2, 0.25) is 0 Å². The maximum atomic E-state index is 11.9. The Morgan fingerprint density at radius 3 is 2.40 bits per heavy atom. The molecule has 1 aromatic carbocycles. The quantitative estimate of drug-likeness (QED) is 0.438. The van der Waals surface area contributed by atoms with E-state index in [-0.39, 0.29) is 11.9 Å². The van der Waals surface area contributed by atoms with Crippen LogP contribution in [-0.2, 0) is 16.1 Å². The van der Waals surface area contributed by atoms with E-state index in [0.717, 1.165) is 18.4 Å². The number of benzene rings is 1. The summed E-state index contributed by atoms with van der Waals surface area (Å²) in [7, 11) is 0. The Bertz CT molecular complexity index is 359. The van der Waals surface area contributed by atoms with Crippen LogP contribution in [0.4, 0.5) is 0 Å². The van der Waals surface area contributed by atoms with Crippen LogP contribution in [0.25, 0.3) is 0 Å². The van der Waals surface area contributed by atoms with Crippen LogP contribution in [0.3, 0.4) is 0 Å². The standard InChI is InChI=1S/C18H28O2/c1-3-4-5-6-7-9-12-16(2)18(19)20-15-17-13-10-8-11-14-17/h8,10-11,13-14,16H,3-7,9,12,15H2,1-2H3. The molecule has 0 aliphatic carbocycles. The highest BCUT2D eigenvalue weighted by Crippen LogP contribution is 2.14. The highest BCUT2D eigenvalue weighted by Gasteiger charge is 2.13. The van der Waals surface area contributed by atoms with E-state index in [1.807, 2.05) is 37.3 Å². The lowest BCUT2D eigenvalue weighted by atomic mass is 10.0. The molecule has 1 aromatic rings. The van der Waals surface area contributed by atoms with E-state index in [1.165, 1.54) is 32.1 Å². The van der Waals surface area contributed by atoms with E-state index in [9.17, 15) is 4.79 Å². The average molecular weight is 276 g/mol. The van der Waals surface area contributed by atoms with Gasteiger partial charge < -0.3 is 4.74 Å². The lowest BCUT2D eigenvalue weighted by Gasteiger charge is -2.11. The molecule has 0 spiro atoms. The van der Waals surface area contributed by atoms with E-state index in [2.05, 4.69) is 6.92 Å². The fraction of sp³-hybridized carbons (Fsp3) is 0.611. The van der Waals surface area contributed by atoms with Gasteiger partial charge >= 0.3 is 5.97 Å². The van der Waals surface area contributed by atoms with Crippen LogP contribution in [-0.4, -0.2) is 5.97 Å². The van der Waals surface area contributed by atoms with Gasteiger partial charge in [-0.15, -0.1) is 0 Å². The Labute approximate surface area is 123 Å². The SMILES string of the molecule is CCCCCCCCC(C)C(=O)OCc1ccccc1. The smallest absolute Gasteiger partial charge is 0.308 e. The Hall–Kier alpha value is -1.31. The molecular weight excluding hydrogens is 248 g/mol. The number of rotatable bonds is 10. The molecule has 20 heavy (non-hydrogen) atoms. The van der Waals surface area contributed by atoms with Crippen LogP contribution < -0.4 is 0 Å². The van der Waals surface area contributed by atoms with Crippen LogP contribution in [0.2, 0.25) is 0 Å². The minimum Gasteiger partial charge on any atom is -0.461 e. The van der Waals surface area contributed by atoms with Crippen molar-refractivity contribution in [2.45, 2.75) is 65.4 Å². The third-order valence-electron chi connectivity index (χ3n) is 3.62. The third-order valence-corrected chi connectivity index (χ3v) is 3.62. The number of hydrogen-bond acceptors (Lipinski definition) is 2. The summed E-state index contributed by atoms with van der Waals surface area (Å²) in [6.07, 6.45) is 8.53. The molecule has 0 aliphatic rings. The number of carbonyl (C=O) groups excluding carboxylic acids is 1. The third kappa shape index (κ3) is 7.32. The van der Waals surface area contributed by atoms with E-state index in [4.69, 9.17) is 4.74 Å². The number of hydrogen-bond donors (Lipinski definition) is 0. The van der Waals surface area contributed by atoms with Crippen LogP contribution in [0.1, 0.15) is 64.4 Å². The molecule has 0 aromatic heterocycles. The monoisotopic (exact) mass is 276 g/mol. The molecule has 1 unspecified atom stereocenters. The highest BCUT2D eigenvalue weighted by atomic mass is 16.5. The van der Waals surface area contributed by atoms with E-state index in [0.29, 0.717) is 6.61 Å². The Morgan fingerprint density at radius 1 is 1.05 bits per heavy atom. The molecule has 0 bridgehead atoms. The molecule has 0 radical (unpaired) electrons. The van der Waals surface area contributed by atoms with Gasteiger partial charge in [0.15, 0.2) is 0 Å². The Morgan fingerprint density at radius 2 is 1.70 bits per heavy atom. The maximum absolute atomic E-state index is 11.9. The van der Waals surface area contributed by atoms with Gasteiger partial charge in [0.1, 0.15) is 6.61 Å². The topological polar surface area (TPSA) is 26.3 Å². The van der Waals surface area contributed by atoms with Gasteiger partial charge in [0.25, 0.3) is 0 Å². The van der Waals surface area contributed by atoms with Crippen LogP contribution >= 0.6 is 0 Å². The summed E-state index contributed by atoms with van der Waals surface area (Å²) in [5.41, 5.74) is 1.05. The van der Waals surface area contributed by atoms with E-state index >= 15 is 0 Å². The number of esters is 1. The molecule has 0 N–H and O–H groups in total. The van der Waals surface area contributed by atoms with Gasteiger partial charge in [0, 0.05) is 0 Å². The molecule has 0 saturated heterocycles. The van der Waals surface area contributed by atoms with Gasteiger partial charge in [-0.05, 0) is 12.0 Å². The Balaban J connectivity index is 2.10. The van der Waals surface area contributed by atoms with Gasteiger partial charge in [-0.2, -0.15) is 0 Å². The molecule has 0 fully saturated rings. The van der Waals surface area contributed by atoms with Crippen LogP contribution in [0, 0.1) is 5.92 Å². The van der Waals surface area contributed by atoms with Crippen molar-refractivity contribution < 1.29 is 9.53 Å². The first kappa shape index (κ1) is 16.7. The molecule has 0 heterocycles. The summed E-state index contributed by atoms with van der Waals surface area (Å²) < 4.78 is 5.35. The van der Waals surface area contributed by atoms with Gasteiger partial charge in [0.05, 0.1) is 5.92 Å². The molecule has 1 atom stereocenters. The van der Waals surface area contributed by atoms with Gasteiger partial charge in [-0.1, -0.05) is 82.7 Å². The van der Waals surface area contributed by atoms with E-state index in [1.54, 1.807) is 0 Å². The average Bonchev–Trinajstić information content (AvgIpc) is 2.49. The first-order valence-corrected chi connectivity index (χ1v) is 7.94. The zero-order valence-electron chi connectivity index (χ0n) is 12.9. The molecule has 2 nitrogen and oxygen atoms in total. The summed E-state index contributed by atoms with van der Waals surface area (Å²) in [6.45, 7) is 4.59. The zero-order chi connectivity index (χ0) is 14.6. The fourth-order valence-corrected chi connectivity index (χ4v) is 2.22. The predicted octanol–water partition coefficient (Wildman–Crippen LogP) is 5.12. The van der Waals surface area contributed by atoms with Crippen molar-refractivity contribution in [3.05, 3.63) is 35.9 Å². The molecule has 0 saturated carbocycles. The molecular formula is C18H28O2. The highest BCUT2D eigenvalue weighted by molar-refractivity contribution is 5.71. The molecule has 0 amide bonds. The van der Waals surface area contributed by atoms with Gasteiger partial charge in [-0.25, -0.2) is 0 Å². The second kappa shape index (κ2) is 10.5. The lowest BCUT2D eigenvalue weighted by molar-refractivity contribution is -0.149. The summed E-state index contributed by atoms with van der Waals surface area (Å²) in [6, 6.07) is 9.84. The van der Waals surface area contributed by atoms with Crippen molar-refractivity contribution in [1.82, 2.24) is 0 Å². The zero-order valence-corrected chi connectivity index (χ0v) is 12.9. The minimum absolute atomic E-state index is 0.0184. The lowest BCUT2D eigenvalue weighted by Crippen LogP contribution is -2.14. The first-order valence-electron chi connectivity index (χ1n) is 7.94. The van der Waals surface area contributed by atoms with Crippen molar-refractivity contribution in [3.8, 4) is 0 Å². The summed E-state index contributed by atoms with van der Waals surface area (Å²) in [5.74, 6) is -0.0488. The second-order valence-corrected chi connectivity index (χ2v) is 5.55. The van der Waals surface area contributed by atoms with Gasteiger partial charge in [-0.3, -0.25) is 4.79 Å². The predicted molar refractivity (Wildman–Crippen MR) is 83.4 cm³/mol. The van der Waals surface area contributed by atoms with Crippen molar-refractivity contribution in [2.75, 3.05) is 0 Å². The van der Waals surface area contributed by atoms with Crippen LogP contribution in [0.5, 0.6) is 0 Å². The first-order chi connectivity index (χ1) is 9.74. The molecule has 1 rings (SSSR count). The summed E-state index contributed by atoms with van der Waals surface area (Å²) in [5, 5.41) is 0. The van der Waals surface area contributed by atoms with Crippen molar-refractivity contribution in [2.24, 2.45) is 5.92 Å². The largest absolute Gasteiger partial charge is 0.461 e. The van der Waals surface area contributed by atoms with E-state index < -0.39 is 0 Å². The molecule has 112 valence electrons. The molecule has 0 aliphatic heterocycles. The number of carbonyl (C=O) groups is 1. The van der Waals surface area contributed by atoms with Crippen molar-refractivity contribution in [3.63, 3.8) is 0 Å². The van der Waals surface area contributed by atoms with Crippen molar-refractivity contribution >= 4 is 5.97 Å². The van der Waals surface area contributed by atoms with Crippen LogP contribution in [0.15, 0.2) is 30.3 Å². The molecule has 2 heteroatoms. The minimum atomic E-state index is -0.0672. The summed E-state index contributed by atoms with van der Waals surface area (Å²) in [4.78, 5) is 11.9. The van der Waals surface area contributed by atoms with Crippen molar-refractivity contribution in [1.29, 1.82) is 0 Å².